The smallest absolute Gasteiger partial charge is 0.166 e. The molecule has 0 aromatic heterocycles. The first kappa shape index (κ1) is 11.5. The largest absolute Gasteiger partial charge is 0.423 e. The summed E-state index contributed by atoms with van der Waals surface area (Å²) in [5.41, 5.74) is 1.37. The fourth-order valence-electron chi connectivity index (χ4n) is 1.21. The second kappa shape index (κ2) is 5.32. The van der Waals surface area contributed by atoms with Crippen molar-refractivity contribution in [3.8, 4) is 0 Å². The minimum atomic E-state index is -0.366. The van der Waals surface area contributed by atoms with E-state index in [1.54, 1.807) is 0 Å². The van der Waals surface area contributed by atoms with E-state index in [0.717, 1.165) is 13.0 Å². The molecule has 14 heavy (non-hydrogen) atoms. The second-order valence-corrected chi connectivity index (χ2v) is 7.67. The lowest BCUT2D eigenvalue weighted by atomic mass is 10.2. The minimum absolute atomic E-state index is 0.366. The molecule has 0 unspecified atom stereocenters. The molecule has 0 bridgehead atoms. The van der Waals surface area contributed by atoms with Crippen LogP contribution in [0.3, 0.4) is 0 Å². The first-order chi connectivity index (χ1) is 6.58. The predicted octanol–water partition coefficient (Wildman–Crippen LogP) is 2.55. The first-order valence-corrected chi connectivity index (χ1v) is 6.48. The molecule has 0 N–H and O–H groups in total. The summed E-state index contributed by atoms with van der Waals surface area (Å²) in [7, 11) is -0.366. The fourth-order valence-corrected chi connectivity index (χ4v) is 2.11. The average molecular weight is 208 g/mol. The maximum atomic E-state index is 5.74. The molecule has 0 amide bonds. The average Bonchev–Trinajstić information content (AvgIpc) is 2.13. The van der Waals surface area contributed by atoms with Crippen LogP contribution in [0, 0.1) is 0 Å². The number of benzene rings is 1. The lowest BCUT2D eigenvalue weighted by Gasteiger charge is -2.16. The van der Waals surface area contributed by atoms with Crippen LogP contribution in [0.4, 0.5) is 0 Å². The van der Waals surface area contributed by atoms with Crippen molar-refractivity contribution in [3.63, 3.8) is 0 Å². The Morgan fingerprint density at radius 3 is 2.36 bits per heavy atom. The van der Waals surface area contributed by atoms with Gasteiger partial charge in [-0.25, -0.2) is 0 Å². The standard InChI is InChI=1S/C12H20OSi/c1-12(2,3)14-13-10-9-11-7-5-4-6-8-11/h4-8H,9-10,14H2,1-3H3. The Balaban J connectivity index is 2.17. The maximum absolute atomic E-state index is 5.74. The van der Waals surface area contributed by atoms with Crippen LogP contribution in [-0.4, -0.2) is 16.4 Å². The van der Waals surface area contributed by atoms with Gasteiger partial charge in [-0.3, -0.25) is 0 Å². The van der Waals surface area contributed by atoms with Crippen molar-refractivity contribution in [1.82, 2.24) is 0 Å². The van der Waals surface area contributed by atoms with Crippen molar-refractivity contribution in [1.29, 1.82) is 0 Å². The topological polar surface area (TPSA) is 9.23 Å². The van der Waals surface area contributed by atoms with E-state index >= 15 is 0 Å². The third-order valence-corrected chi connectivity index (χ3v) is 3.27. The molecule has 0 saturated carbocycles. The molecule has 0 aliphatic carbocycles. The van der Waals surface area contributed by atoms with Crippen LogP contribution in [-0.2, 0) is 10.8 Å². The molecule has 1 rings (SSSR count). The van der Waals surface area contributed by atoms with Crippen LogP contribution in [0.5, 0.6) is 0 Å². The molecular formula is C12H20OSi. The summed E-state index contributed by atoms with van der Waals surface area (Å²) in [5, 5.41) is 0.413. The highest BCUT2D eigenvalue weighted by molar-refractivity contribution is 6.31. The van der Waals surface area contributed by atoms with E-state index < -0.39 is 0 Å². The number of rotatable bonds is 4. The van der Waals surface area contributed by atoms with Crippen LogP contribution in [0.15, 0.2) is 30.3 Å². The Morgan fingerprint density at radius 1 is 1.14 bits per heavy atom. The van der Waals surface area contributed by atoms with Gasteiger partial charge in [-0.05, 0) is 17.0 Å². The molecule has 78 valence electrons. The molecule has 1 nitrogen and oxygen atoms in total. The monoisotopic (exact) mass is 208 g/mol. The molecule has 0 saturated heterocycles. The van der Waals surface area contributed by atoms with Crippen molar-refractivity contribution < 1.29 is 4.43 Å². The summed E-state index contributed by atoms with van der Waals surface area (Å²) in [6, 6.07) is 10.5. The van der Waals surface area contributed by atoms with Crippen molar-refractivity contribution in [2.24, 2.45) is 0 Å². The van der Waals surface area contributed by atoms with Crippen molar-refractivity contribution in [2.45, 2.75) is 32.2 Å². The van der Waals surface area contributed by atoms with Gasteiger partial charge in [-0.2, -0.15) is 0 Å². The van der Waals surface area contributed by atoms with Gasteiger partial charge in [-0.15, -0.1) is 0 Å². The molecular weight excluding hydrogens is 188 g/mol. The highest BCUT2D eigenvalue weighted by atomic mass is 28.2. The zero-order valence-electron chi connectivity index (χ0n) is 9.42. The fraction of sp³-hybridized carbons (Fsp3) is 0.500. The van der Waals surface area contributed by atoms with Crippen molar-refractivity contribution >= 4 is 9.76 Å². The Labute approximate surface area is 89.4 Å². The summed E-state index contributed by atoms with van der Waals surface area (Å²) in [5.74, 6) is 0. The summed E-state index contributed by atoms with van der Waals surface area (Å²) in [4.78, 5) is 0. The van der Waals surface area contributed by atoms with Crippen LogP contribution < -0.4 is 0 Å². The van der Waals surface area contributed by atoms with Gasteiger partial charge in [0, 0.05) is 6.61 Å². The van der Waals surface area contributed by atoms with Gasteiger partial charge < -0.3 is 4.43 Å². The van der Waals surface area contributed by atoms with Crippen molar-refractivity contribution in [3.05, 3.63) is 35.9 Å². The third-order valence-electron chi connectivity index (χ3n) is 1.91. The Hall–Kier alpha value is -0.603. The van der Waals surface area contributed by atoms with E-state index in [0.29, 0.717) is 5.04 Å². The molecule has 0 radical (unpaired) electrons. The summed E-state index contributed by atoms with van der Waals surface area (Å²) < 4.78 is 5.74. The van der Waals surface area contributed by atoms with Crippen LogP contribution in [0.2, 0.25) is 5.04 Å². The molecule has 0 heterocycles. The molecule has 0 spiro atoms. The number of hydrogen-bond donors (Lipinski definition) is 0. The van der Waals surface area contributed by atoms with E-state index in [-0.39, 0.29) is 9.76 Å². The lowest BCUT2D eigenvalue weighted by Crippen LogP contribution is -2.14. The van der Waals surface area contributed by atoms with Gasteiger partial charge in [0.2, 0.25) is 0 Å². The number of hydrogen-bond acceptors (Lipinski definition) is 1. The normalized spacial score (nSPS) is 12.5. The molecule has 0 fully saturated rings. The lowest BCUT2D eigenvalue weighted by molar-refractivity contribution is 0.325. The van der Waals surface area contributed by atoms with E-state index in [4.69, 9.17) is 4.43 Å². The Bertz CT molecular complexity index is 251. The first-order valence-electron chi connectivity index (χ1n) is 5.20. The molecule has 1 aromatic rings. The molecule has 1 aromatic carbocycles. The molecule has 0 aliphatic heterocycles. The zero-order valence-corrected chi connectivity index (χ0v) is 10.8. The SMILES string of the molecule is CC(C)(C)[SiH2]OCCc1ccccc1. The van der Waals surface area contributed by atoms with E-state index in [1.165, 1.54) is 5.56 Å². The van der Waals surface area contributed by atoms with Crippen LogP contribution >= 0.6 is 0 Å². The molecule has 0 aliphatic rings. The third kappa shape index (κ3) is 5.20. The van der Waals surface area contributed by atoms with E-state index in [1.807, 2.05) is 6.07 Å². The zero-order chi connectivity index (χ0) is 10.4. The minimum Gasteiger partial charge on any atom is -0.423 e. The van der Waals surface area contributed by atoms with E-state index in [9.17, 15) is 0 Å². The molecule has 2 heteroatoms. The van der Waals surface area contributed by atoms with Gasteiger partial charge in [-0.1, -0.05) is 51.1 Å². The Morgan fingerprint density at radius 2 is 1.79 bits per heavy atom. The second-order valence-electron chi connectivity index (χ2n) is 4.85. The van der Waals surface area contributed by atoms with Crippen molar-refractivity contribution in [2.75, 3.05) is 6.61 Å². The highest BCUT2D eigenvalue weighted by Crippen LogP contribution is 2.19. The Kier molecular flexibility index (Phi) is 4.36. The van der Waals surface area contributed by atoms with Gasteiger partial charge in [0.05, 0.1) is 0 Å². The van der Waals surface area contributed by atoms with E-state index in [2.05, 4.69) is 45.0 Å². The maximum Gasteiger partial charge on any atom is 0.166 e. The quantitative estimate of drug-likeness (QED) is 0.546. The highest BCUT2D eigenvalue weighted by Gasteiger charge is 2.10. The van der Waals surface area contributed by atoms with Gasteiger partial charge in [0.25, 0.3) is 0 Å². The van der Waals surface area contributed by atoms with Crippen LogP contribution in [0.25, 0.3) is 0 Å². The van der Waals surface area contributed by atoms with Gasteiger partial charge in [0.15, 0.2) is 9.76 Å². The summed E-state index contributed by atoms with van der Waals surface area (Å²) in [6.07, 6.45) is 1.05. The molecule has 0 atom stereocenters. The van der Waals surface area contributed by atoms with Gasteiger partial charge in [0.1, 0.15) is 0 Å². The summed E-state index contributed by atoms with van der Waals surface area (Å²) in [6.45, 7) is 7.64. The van der Waals surface area contributed by atoms with Gasteiger partial charge >= 0.3 is 0 Å². The summed E-state index contributed by atoms with van der Waals surface area (Å²) >= 11 is 0. The van der Waals surface area contributed by atoms with Crippen LogP contribution in [0.1, 0.15) is 26.3 Å². The predicted molar refractivity (Wildman–Crippen MR) is 64.4 cm³/mol.